The summed E-state index contributed by atoms with van der Waals surface area (Å²) in [5.74, 6) is -0.226. The van der Waals surface area contributed by atoms with Crippen molar-refractivity contribution < 1.29 is 17.9 Å². The van der Waals surface area contributed by atoms with E-state index in [1.165, 1.54) is 16.4 Å². The third-order valence-electron chi connectivity index (χ3n) is 4.72. The first-order chi connectivity index (χ1) is 12.8. The Kier molecular flexibility index (Phi) is 5.64. The first kappa shape index (κ1) is 19.5. The van der Waals surface area contributed by atoms with Gasteiger partial charge in [-0.05, 0) is 68.3 Å². The minimum atomic E-state index is -3.56. The zero-order valence-electron chi connectivity index (χ0n) is 15.7. The predicted octanol–water partition coefficient (Wildman–Crippen LogP) is 2.97. The summed E-state index contributed by atoms with van der Waals surface area (Å²) in [6.45, 7) is 6.88. The number of nitrogens with zero attached hydrogens (tertiary/aromatic N) is 1. The molecule has 6 nitrogen and oxygen atoms in total. The Morgan fingerprint density at radius 2 is 1.81 bits per heavy atom. The van der Waals surface area contributed by atoms with Crippen LogP contribution in [0, 0.1) is 13.8 Å². The minimum absolute atomic E-state index is 0.120. The van der Waals surface area contributed by atoms with Crippen LogP contribution < -0.4 is 5.32 Å². The van der Waals surface area contributed by atoms with E-state index in [4.69, 9.17) is 4.74 Å². The lowest BCUT2D eigenvalue weighted by atomic mass is 10.1. The monoisotopic (exact) mass is 388 g/mol. The van der Waals surface area contributed by atoms with Crippen molar-refractivity contribution in [3.63, 3.8) is 0 Å². The standard InChI is InChI=1S/C20H24N2O4S/c1-14-4-5-17(12-15(14)2)20(23)21-18-6-8-19(9-7-18)27(24,25)22-10-11-26-16(3)13-22/h4-9,12,16H,10-11,13H2,1-3H3,(H,21,23). The zero-order chi connectivity index (χ0) is 19.6. The van der Waals surface area contributed by atoms with Crippen LogP contribution in [-0.4, -0.2) is 44.4 Å². The van der Waals surface area contributed by atoms with Crippen LogP contribution in [0.1, 0.15) is 28.4 Å². The maximum absolute atomic E-state index is 12.7. The highest BCUT2D eigenvalue weighted by molar-refractivity contribution is 7.89. The van der Waals surface area contributed by atoms with E-state index in [0.29, 0.717) is 30.9 Å². The lowest BCUT2D eigenvalue weighted by molar-refractivity contribution is 0.0102. The van der Waals surface area contributed by atoms with Gasteiger partial charge in [-0.2, -0.15) is 4.31 Å². The van der Waals surface area contributed by atoms with Gasteiger partial charge in [0.1, 0.15) is 0 Å². The van der Waals surface area contributed by atoms with Gasteiger partial charge in [0.05, 0.1) is 17.6 Å². The van der Waals surface area contributed by atoms with E-state index in [1.54, 1.807) is 18.2 Å². The first-order valence-corrected chi connectivity index (χ1v) is 10.3. The maximum atomic E-state index is 12.7. The van der Waals surface area contributed by atoms with E-state index in [-0.39, 0.29) is 16.9 Å². The number of anilines is 1. The lowest BCUT2D eigenvalue weighted by Crippen LogP contribution is -2.44. The number of benzene rings is 2. The zero-order valence-corrected chi connectivity index (χ0v) is 16.5. The molecule has 27 heavy (non-hydrogen) atoms. The number of hydrogen-bond acceptors (Lipinski definition) is 4. The number of amides is 1. The summed E-state index contributed by atoms with van der Waals surface area (Å²) >= 11 is 0. The average Bonchev–Trinajstić information content (AvgIpc) is 2.64. The maximum Gasteiger partial charge on any atom is 0.255 e. The lowest BCUT2D eigenvalue weighted by Gasteiger charge is -2.30. The summed E-state index contributed by atoms with van der Waals surface area (Å²) in [4.78, 5) is 12.6. The van der Waals surface area contributed by atoms with Crippen molar-refractivity contribution in [1.29, 1.82) is 0 Å². The molecule has 1 saturated heterocycles. The molecule has 0 spiro atoms. The molecule has 1 heterocycles. The summed E-state index contributed by atoms with van der Waals surface area (Å²) in [7, 11) is -3.56. The third kappa shape index (κ3) is 4.37. The van der Waals surface area contributed by atoms with Gasteiger partial charge in [-0.1, -0.05) is 6.07 Å². The predicted molar refractivity (Wildman–Crippen MR) is 104 cm³/mol. The van der Waals surface area contributed by atoms with Gasteiger partial charge < -0.3 is 10.1 Å². The molecule has 1 aliphatic rings. The fraction of sp³-hybridized carbons (Fsp3) is 0.350. The number of carbonyl (C=O) groups is 1. The smallest absolute Gasteiger partial charge is 0.255 e. The quantitative estimate of drug-likeness (QED) is 0.874. The van der Waals surface area contributed by atoms with Crippen LogP contribution in [0.25, 0.3) is 0 Å². The second kappa shape index (κ2) is 7.80. The first-order valence-electron chi connectivity index (χ1n) is 8.88. The Morgan fingerprint density at radius 1 is 1.11 bits per heavy atom. The minimum Gasteiger partial charge on any atom is -0.376 e. The molecule has 3 rings (SSSR count). The van der Waals surface area contributed by atoms with E-state index in [2.05, 4.69) is 5.32 Å². The molecule has 1 aliphatic heterocycles. The summed E-state index contributed by atoms with van der Waals surface area (Å²) < 4.78 is 32.3. The second-order valence-corrected chi connectivity index (χ2v) is 8.76. The number of rotatable bonds is 4. The topological polar surface area (TPSA) is 75.7 Å². The number of carbonyl (C=O) groups excluding carboxylic acids is 1. The van der Waals surface area contributed by atoms with Crippen LogP contribution in [-0.2, 0) is 14.8 Å². The Labute approximate surface area is 160 Å². The van der Waals surface area contributed by atoms with Crippen LogP contribution in [0.4, 0.5) is 5.69 Å². The van der Waals surface area contributed by atoms with Crippen LogP contribution in [0.3, 0.4) is 0 Å². The van der Waals surface area contributed by atoms with Gasteiger partial charge in [-0.3, -0.25) is 4.79 Å². The molecular formula is C20H24N2O4S. The normalized spacial score (nSPS) is 18.3. The molecule has 1 atom stereocenters. The molecule has 0 bridgehead atoms. The van der Waals surface area contributed by atoms with Crippen molar-refractivity contribution in [2.75, 3.05) is 25.0 Å². The highest BCUT2D eigenvalue weighted by Crippen LogP contribution is 2.21. The van der Waals surface area contributed by atoms with Crippen LogP contribution in [0.2, 0.25) is 0 Å². The Balaban J connectivity index is 1.73. The van der Waals surface area contributed by atoms with Gasteiger partial charge in [0.15, 0.2) is 0 Å². The SMILES string of the molecule is Cc1ccc(C(=O)Nc2ccc(S(=O)(=O)N3CCOC(C)C3)cc2)cc1C. The van der Waals surface area contributed by atoms with Gasteiger partial charge in [0.2, 0.25) is 10.0 Å². The molecule has 0 aromatic heterocycles. The van der Waals surface area contributed by atoms with E-state index in [0.717, 1.165) is 11.1 Å². The van der Waals surface area contributed by atoms with E-state index >= 15 is 0 Å². The fourth-order valence-corrected chi connectivity index (χ4v) is 4.45. The van der Waals surface area contributed by atoms with Crippen molar-refractivity contribution in [3.8, 4) is 0 Å². The van der Waals surface area contributed by atoms with Crippen molar-refractivity contribution in [3.05, 3.63) is 59.2 Å². The van der Waals surface area contributed by atoms with Gasteiger partial charge >= 0.3 is 0 Å². The number of hydrogen-bond donors (Lipinski definition) is 1. The van der Waals surface area contributed by atoms with Crippen molar-refractivity contribution in [1.82, 2.24) is 4.31 Å². The largest absolute Gasteiger partial charge is 0.376 e. The molecule has 1 unspecified atom stereocenters. The van der Waals surface area contributed by atoms with E-state index < -0.39 is 10.0 Å². The van der Waals surface area contributed by atoms with Crippen LogP contribution >= 0.6 is 0 Å². The van der Waals surface area contributed by atoms with Crippen molar-refractivity contribution in [2.45, 2.75) is 31.8 Å². The number of nitrogens with one attached hydrogen (secondary N) is 1. The molecular weight excluding hydrogens is 364 g/mol. The van der Waals surface area contributed by atoms with Gasteiger partial charge in [-0.25, -0.2) is 8.42 Å². The molecule has 144 valence electrons. The number of morpholine rings is 1. The molecule has 7 heteroatoms. The molecule has 1 fully saturated rings. The van der Waals surface area contributed by atoms with Crippen molar-refractivity contribution >= 4 is 21.6 Å². The number of sulfonamides is 1. The highest BCUT2D eigenvalue weighted by atomic mass is 32.2. The van der Waals surface area contributed by atoms with E-state index in [9.17, 15) is 13.2 Å². The highest BCUT2D eigenvalue weighted by Gasteiger charge is 2.29. The molecule has 0 saturated carbocycles. The number of aryl methyl sites for hydroxylation is 2. The molecule has 2 aromatic carbocycles. The van der Waals surface area contributed by atoms with Crippen LogP contribution in [0.5, 0.6) is 0 Å². The molecule has 0 radical (unpaired) electrons. The van der Waals surface area contributed by atoms with Gasteiger partial charge in [0.25, 0.3) is 5.91 Å². The van der Waals surface area contributed by atoms with Crippen molar-refractivity contribution in [2.24, 2.45) is 0 Å². The molecule has 0 aliphatic carbocycles. The summed E-state index contributed by atoms with van der Waals surface area (Å²) in [6.07, 6.45) is -0.120. The summed E-state index contributed by atoms with van der Waals surface area (Å²) in [5.41, 5.74) is 3.28. The molecule has 1 N–H and O–H groups in total. The third-order valence-corrected chi connectivity index (χ3v) is 6.60. The number of ether oxygens (including phenoxy) is 1. The second-order valence-electron chi connectivity index (χ2n) is 6.82. The molecule has 1 amide bonds. The fourth-order valence-electron chi connectivity index (χ4n) is 2.95. The van der Waals surface area contributed by atoms with Crippen LogP contribution in [0.15, 0.2) is 47.4 Å². The Hall–Kier alpha value is -2.22. The summed E-state index contributed by atoms with van der Waals surface area (Å²) in [5, 5.41) is 2.80. The van der Waals surface area contributed by atoms with E-state index in [1.807, 2.05) is 32.9 Å². The summed E-state index contributed by atoms with van der Waals surface area (Å²) in [6, 6.07) is 11.8. The average molecular weight is 388 g/mol. The molecule has 2 aromatic rings. The van der Waals surface area contributed by atoms with Gasteiger partial charge in [-0.15, -0.1) is 0 Å². The Bertz CT molecular complexity index is 939. The van der Waals surface area contributed by atoms with Gasteiger partial charge in [0, 0.05) is 24.3 Å². The Morgan fingerprint density at radius 3 is 2.44 bits per heavy atom.